The molecule has 0 saturated heterocycles. The number of amides is 1. The second-order valence-electron chi connectivity index (χ2n) is 6.14. The van der Waals surface area contributed by atoms with Gasteiger partial charge in [-0.1, -0.05) is 6.07 Å². The topological polar surface area (TPSA) is 105 Å². The minimum absolute atomic E-state index is 0.00714. The molecule has 1 amide bonds. The standard InChI is InChI=1S/C20H17N3O4/c1-12-13(2)20(25)22-18-11-15(6-9-17(12)18)21-19(24)10-5-14-3-7-16(8-4-14)23(26)27/h3-11H,1-2H3,(H,21,24)(H,22,25)/b10-5-. The third-order valence-electron chi connectivity index (χ3n) is 4.37. The van der Waals surface area contributed by atoms with Crippen molar-refractivity contribution < 1.29 is 9.72 Å². The number of fused-ring (bicyclic) bond motifs is 1. The first-order valence-corrected chi connectivity index (χ1v) is 8.22. The Morgan fingerprint density at radius 1 is 1.11 bits per heavy atom. The molecule has 3 rings (SSSR count). The van der Waals surface area contributed by atoms with Crippen LogP contribution in [-0.2, 0) is 4.79 Å². The molecule has 27 heavy (non-hydrogen) atoms. The van der Waals surface area contributed by atoms with Gasteiger partial charge in [0.05, 0.1) is 10.4 Å². The average Bonchev–Trinajstić information content (AvgIpc) is 2.65. The van der Waals surface area contributed by atoms with E-state index in [0.29, 0.717) is 22.3 Å². The summed E-state index contributed by atoms with van der Waals surface area (Å²) < 4.78 is 0. The van der Waals surface area contributed by atoms with Gasteiger partial charge in [-0.05, 0) is 55.3 Å². The van der Waals surface area contributed by atoms with E-state index in [2.05, 4.69) is 10.3 Å². The maximum absolute atomic E-state index is 12.1. The molecule has 0 saturated carbocycles. The normalized spacial score (nSPS) is 11.0. The smallest absolute Gasteiger partial charge is 0.269 e. The van der Waals surface area contributed by atoms with Crippen LogP contribution in [0.5, 0.6) is 0 Å². The van der Waals surface area contributed by atoms with Gasteiger partial charge in [-0.25, -0.2) is 0 Å². The van der Waals surface area contributed by atoms with E-state index in [1.54, 1.807) is 37.3 Å². The zero-order valence-corrected chi connectivity index (χ0v) is 14.8. The quantitative estimate of drug-likeness (QED) is 0.419. The summed E-state index contributed by atoms with van der Waals surface area (Å²) >= 11 is 0. The molecule has 136 valence electrons. The molecule has 0 radical (unpaired) electrons. The van der Waals surface area contributed by atoms with E-state index >= 15 is 0 Å². The Morgan fingerprint density at radius 3 is 2.48 bits per heavy atom. The van der Waals surface area contributed by atoms with Gasteiger partial charge >= 0.3 is 0 Å². The maximum atomic E-state index is 12.1. The van der Waals surface area contributed by atoms with Gasteiger partial charge in [0, 0.05) is 34.8 Å². The minimum atomic E-state index is -0.479. The highest BCUT2D eigenvalue weighted by Crippen LogP contribution is 2.21. The highest BCUT2D eigenvalue weighted by atomic mass is 16.6. The number of aromatic nitrogens is 1. The molecule has 7 heteroatoms. The van der Waals surface area contributed by atoms with Crippen LogP contribution in [0.1, 0.15) is 16.7 Å². The summed E-state index contributed by atoms with van der Waals surface area (Å²) in [6.45, 7) is 3.66. The predicted octanol–water partition coefficient (Wildman–Crippen LogP) is 3.71. The monoisotopic (exact) mass is 363 g/mol. The van der Waals surface area contributed by atoms with E-state index < -0.39 is 4.92 Å². The molecule has 0 fully saturated rings. The van der Waals surface area contributed by atoms with Crippen molar-refractivity contribution in [1.82, 2.24) is 4.98 Å². The molecule has 0 unspecified atom stereocenters. The van der Waals surface area contributed by atoms with Gasteiger partial charge in [0.25, 0.3) is 11.2 Å². The Kier molecular flexibility index (Phi) is 4.85. The van der Waals surface area contributed by atoms with Gasteiger partial charge in [0.15, 0.2) is 0 Å². The SMILES string of the molecule is Cc1c(C)c2ccc(NC(=O)/C=C\c3ccc([N+](=O)[O-])cc3)cc2[nH]c1=O. The van der Waals surface area contributed by atoms with Crippen LogP contribution in [0.3, 0.4) is 0 Å². The number of rotatable bonds is 4. The molecule has 2 aromatic carbocycles. The summed E-state index contributed by atoms with van der Waals surface area (Å²) in [5.41, 5.74) is 3.30. The fraction of sp³-hybridized carbons (Fsp3) is 0.100. The molecular weight excluding hydrogens is 346 g/mol. The maximum Gasteiger partial charge on any atom is 0.269 e. The number of hydrogen-bond acceptors (Lipinski definition) is 4. The lowest BCUT2D eigenvalue weighted by atomic mass is 10.1. The van der Waals surface area contributed by atoms with Crippen LogP contribution in [0.4, 0.5) is 11.4 Å². The Labute approximate surface area is 154 Å². The van der Waals surface area contributed by atoms with E-state index in [0.717, 1.165) is 10.9 Å². The van der Waals surface area contributed by atoms with Crippen LogP contribution in [-0.4, -0.2) is 15.8 Å². The third-order valence-corrected chi connectivity index (χ3v) is 4.37. The summed E-state index contributed by atoms with van der Waals surface area (Å²) in [7, 11) is 0. The number of anilines is 1. The van der Waals surface area contributed by atoms with Gasteiger partial charge in [-0.2, -0.15) is 0 Å². The number of nitrogens with one attached hydrogen (secondary N) is 2. The number of nitro benzene ring substituents is 1. The molecule has 0 aliphatic heterocycles. The van der Waals surface area contributed by atoms with Crippen molar-refractivity contribution in [1.29, 1.82) is 0 Å². The van der Waals surface area contributed by atoms with Crippen LogP contribution in [0, 0.1) is 24.0 Å². The number of aromatic amines is 1. The van der Waals surface area contributed by atoms with Crippen LogP contribution >= 0.6 is 0 Å². The van der Waals surface area contributed by atoms with Crippen molar-refractivity contribution in [3.05, 3.63) is 85.7 Å². The molecule has 0 bridgehead atoms. The number of hydrogen-bond donors (Lipinski definition) is 2. The summed E-state index contributed by atoms with van der Waals surface area (Å²) in [5.74, 6) is -0.348. The van der Waals surface area contributed by atoms with Crippen molar-refractivity contribution in [2.45, 2.75) is 13.8 Å². The van der Waals surface area contributed by atoms with Crippen molar-refractivity contribution in [2.24, 2.45) is 0 Å². The lowest BCUT2D eigenvalue weighted by Crippen LogP contribution is -2.12. The molecule has 3 aromatic rings. The van der Waals surface area contributed by atoms with E-state index in [1.165, 1.54) is 18.2 Å². The molecule has 1 aromatic heterocycles. The molecule has 1 heterocycles. The number of nitrogens with zero attached hydrogens (tertiary/aromatic N) is 1. The van der Waals surface area contributed by atoms with Gasteiger partial charge < -0.3 is 10.3 Å². The largest absolute Gasteiger partial charge is 0.322 e. The summed E-state index contributed by atoms with van der Waals surface area (Å²) in [6.07, 6.45) is 2.91. The minimum Gasteiger partial charge on any atom is -0.322 e. The number of benzene rings is 2. The molecule has 0 aliphatic carbocycles. The van der Waals surface area contributed by atoms with Crippen molar-refractivity contribution in [3.8, 4) is 0 Å². The number of non-ortho nitro benzene ring substituents is 1. The Balaban J connectivity index is 1.76. The highest BCUT2D eigenvalue weighted by Gasteiger charge is 2.07. The molecule has 2 N–H and O–H groups in total. The van der Waals surface area contributed by atoms with Crippen LogP contribution in [0.25, 0.3) is 17.0 Å². The highest BCUT2D eigenvalue weighted by molar-refractivity contribution is 6.03. The Hall–Kier alpha value is -3.74. The van der Waals surface area contributed by atoms with Gasteiger partial charge in [-0.15, -0.1) is 0 Å². The summed E-state index contributed by atoms with van der Waals surface area (Å²) in [5, 5.41) is 14.3. The van der Waals surface area contributed by atoms with Crippen molar-refractivity contribution in [3.63, 3.8) is 0 Å². The number of aryl methyl sites for hydroxylation is 1. The predicted molar refractivity (Wildman–Crippen MR) is 105 cm³/mol. The molecule has 0 aliphatic rings. The zero-order chi connectivity index (χ0) is 19.6. The van der Waals surface area contributed by atoms with Crippen LogP contribution in [0.15, 0.2) is 53.3 Å². The fourth-order valence-electron chi connectivity index (χ4n) is 2.70. The lowest BCUT2D eigenvalue weighted by molar-refractivity contribution is -0.384. The molecule has 7 nitrogen and oxygen atoms in total. The van der Waals surface area contributed by atoms with E-state index in [4.69, 9.17) is 0 Å². The fourth-order valence-corrected chi connectivity index (χ4v) is 2.70. The Morgan fingerprint density at radius 2 is 1.81 bits per heavy atom. The number of carbonyl (C=O) groups excluding carboxylic acids is 1. The first-order valence-electron chi connectivity index (χ1n) is 8.22. The van der Waals surface area contributed by atoms with Gasteiger partial charge in [-0.3, -0.25) is 19.7 Å². The molecular formula is C20H17N3O4. The molecule has 0 spiro atoms. The zero-order valence-electron chi connectivity index (χ0n) is 14.8. The van der Waals surface area contributed by atoms with E-state index in [1.807, 2.05) is 13.0 Å². The van der Waals surface area contributed by atoms with E-state index in [-0.39, 0.29) is 17.2 Å². The van der Waals surface area contributed by atoms with Gasteiger partial charge in [0.1, 0.15) is 0 Å². The van der Waals surface area contributed by atoms with Crippen molar-refractivity contribution in [2.75, 3.05) is 5.32 Å². The number of carbonyl (C=O) groups is 1. The van der Waals surface area contributed by atoms with E-state index in [9.17, 15) is 19.7 Å². The first kappa shape index (κ1) is 18.1. The summed E-state index contributed by atoms with van der Waals surface area (Å²) in [6, 6.07) is 11.2. The molecule has 0 atom stereocenters. The van der Waals surface area contributed by atoms with Crippen molar-refractivity contribution >= 4 is 34.3 Å². The second kappa shape index (κ2) is 7.25. The summed E-state index contributed by atoms with van der Waals surface area (Å²) in [4.78, 5) is 37.0. The third kappa shape index (κ3) is 3.92. The lowest BCUT2D eigenvalue weighted by Gasteiger charge is -2.08. The number of pyridine rings is 1. The number of H-pyrrole nitrogens is 1. The second-order valence-corrected chi connectivity index (χ2v) is 6.14. The first-order chi connectivity index (χ1) is 12.8. The van der Waals surface area contributed by atoms with Crippen LogP contribution < -0.4 is 10.9 Å². The van der Waals surface area contributed by atoms with Crippen LogP contribution in [0.2, 0.25) is 0 Å². The Bertz CT molecular complexity index is 1130. The number of nitro groups is 1. The average molecular weight is 363 g/mol. The van der Waals surface area contributed by atoms with Gasteiger partial charge in [0.2, 0.25) is 5.91 Å².